The van der Waals surface area contributed by atoms with E-state index in [-0.39, 0.29) is 22.5 Å². The third kappa shape index (κ3) is 3.43. The average molecular weight is 483 g/mol. The first-order valence-electron chi connectivity index (χ1n) is 11.6. The molecule has 8 nitrogen and oxygen atoms in total. The molecule has 6 rings (SSSR count). The van der Waals surface area contributed by atoms with Crippen LogP contribution in [-0.2, 0) is 23.7 Å². The molecule has 0 aromatic carbocycles. The van der Waals surface area contributed by atoms with E-state index in [1.165, 1.54) is 6.20 Å². The van der Waals surface area contributed by atoms with E-state index in [4.69, 9.17) is 5.73 Å². The summed E-state index contributed by atoms with van der Waals surface area (Å²) in [4.78, 5) is 22.8. The van der Waals surface area contributed by atoms with Gasteiger partial charge in [-0.3, -0.25) is 9.67 Å². The van der Waals surface area contributed by atoms with Crippen molar-refractivity contribution in [3.63, 3.8) is 0 Å². The summed E-state index contributed by atoms with van der Waals surface area (Å²) < 4.78 is 41.7. The zero-order valence-corrected chi connectivity index (χ0v) is 18.8. The number of fused-ring (bicyclic) bond motifs is 2. The Labute approximate surface area is 199 Å². The Morgan fingerprint density at radius 2 is 1.94 bits per heavy atom. The van der Waals surface area contributed by atoms with Gasteiger partial charge in [-0.1, -0.05) is 6.07 Å². The monoisotopic (exact) mass is 483 g/mol. The predicted octanol–water partition coefficient (Wildman–Crippen LogP) is 3.69. The molecule has 0 atom stereocenters. The summed E-state index contributed by atoms with van der Waals surface area (Å²) in [5, 5.41) is 7.76. The molecule has 0 bridgehead atoms. The fourth-order valence-electron chi connectivity index (χ4n) is 5.54. The summed E-state index contributed by atoms with van der Waals surface area (Å²) in [5.41, 5.74) is 6.51. The lowest BCUT2D eigenvalue weighted by molar-refractivity contribution is -0.137. The minimum absolute atomic E-state index is 0.102. The summed E-state index contributed by atoms with van der Waals surface area (Å²) in [7, 11) is 0. The van der Waals surface area contributed by atoms with E-state index in [1.54, 1.807) is 11.1 Å². The number of rotatable bonds is 3. The smallest absolute Gasteiger partial charge is 0.383 e. The average Bonchev–Trinajstić information content (AvgIpc) is 3.35. The van der Waals surface area contributed by atoms with Gasteiger partial charge in [0.25, 0.3) is 0 Å². The van der Waals surface area contributed by atoms with Crippen LogP contribution in [0.5, 0.6) is 0 Å². The number of carbonyl (C=O) groups is 1. The second-order valence-corrected chi connectivity index (χ2v) is 9.79. The van der Waals surface area contributed by atoms with Crippen molar-refractivity contribution in [2.45, 2.75) is 49.4 Å². The Kier molecular flexibility index (Phi) is 4.64. The number of nitrogen functional groups attached to an aromatic ring is 1. The quantitative estimate of drug-likeness (QED) is 0.592. The molecule has 3 N–H and O–H groups in total. The second-order valence-electron chi connectivity index (χ2n) is 9.79. The van der Waals surface area contributed by atoms with Crippen LogP contribution in [0, 0.1) is 0 Å². The first kappa shape index (κ1) is 21.9. The Morgan fingerprint density at radius 3 is 2.60 bits per heavy atom. The maximum Gasteiger partial charge on any atom is 0.419 e. The number of halogens is 3. The van der Waals surface area contributed by atoms with Crippen LogP contribution in [0.15, 0.2) is 42.9 Å². The van der Waals surface area contributed by atoms with E-state index >= 15 is 0 Å². The SMILES string of the molecule is Nc1ncc(-c2cc3n(n2)CCC32CN(C(=O)NC3(c4cccnc4)CCC3)C2)cc1C(F)(F)F. The summed E-state index contributed by atoms with van der Waals surface area (Å²) in [6, 6.07) is 6.58. The molecule has 1 spiro atoms. The molecule has 35 heavy (non-hydrogen) atoms. The van der Waals surface area contributed by atoms with Crippen molar-refractivity contribution < 1.29 is 18.0 Å². The number of carbonyl (C=O) groups excluding carboxylic acids is 1. The van der Waals surface area contributed by atoms with Gasteiger partial charge < -0.3 is 16.0 Å². The van der Waals surface area contributed by atoms with Crippen molar-refractivity contribution in [1.29, 1.82) is 0 Å². The molecule has 2 amide bonds. The summed E-state index contributed by atoms with van der Waals surface area (Å²) in [6.45, 7) is 1.74. The number of nitrogens with two attached hydrogens (primary N) is 1. The highest BCUT2D eigenvalue weighted by Crippen LogP contribution is 2.46. The van der Waals surface area contributed by atoms with Gasteiger partial charge in [0.1, 0.15) is 5.82 Å². The summed E-state index contributed by atoms with van der Waals surface area (Å²) in [5.74, 6) is -0.555. The lowest BCUT2D eigenvalue weighted by Crippen LogP contribution is -2.65. The molecule has 2 aliphatic heterocycles. The zero-order chi connectivity index (χ0) is 24.4. The highest BCUT2D eigenvalue weighted by Gasteiger charge is 2.52. The maximum absolute atomic E-state index is 13.3. The molecule has 1 aliphatic carbocycles. The van der Waals surface area contributed by atoms with Gasteiger partial charge >= 0.3 is 12.2 Å². The summed E-state index contributed by atoms with van der Waals surface area (Å²) in [6.07, 6.45) is 3.91. The highest BCUT2D eigenvalue weighted by atomic mass is 19.4. The van der Waals surface area contributed by atoms with E-state index in [1.807, 2.05) is 29.1 Å². The van der Waals surface area contributed by atoms with Crippen LogP contribution in [0.2, 0.25) is 0 Å². The van der Waals surface area contributed by atoms with Crippen LogP contribution >= 0.6 is 0 Å². The van der Waals surface area contributed by atoms with Gasteiger partial charge in [0, 0.05) is 54.9 Å². The standard InChI is InChI=1S/C24H24F3N7O/c25-24(26,27)17-9-15(11-30-20(17)28)18-10-19-22(6-8-34(19)32-18)13-33(14-22)21(35)31-23(4-2-5-23)16-3-1-7-29-12-16/h1,3,7,9-12H,2,4-6,8,13-14H2,(H2,28,30)(H,31,35). The minimum atomic E-state index is -4.59. The van der Waals surface area contributed by atoms with Gasteiger partial charge in [-0.2, -0.15) is 18.3 Å². The van der Waals surface area contributed by atoms with Crippen LogP contribution in [0.4, 0.5) is 23.8 Å². The molecule has 3 aromatic heterocycles. The number of hydrogen-bond acceptors (Lipinski definition) is 5. The number of anilines is 1. The largest absolute Gasteiger partial charge is 0.419 e. The van der Waals surface area contributed by atoms with E-state index < -0.39 is 17.6 Å². The Balaban J connectivity index is 1.19. The molecule has 2 fully saturated rings. The van der Waals surface area contributed by atoms with Gasteiger partial charge in [-0.25, -0.2) is 9.78 Å². The molecule has 0 unspecified atom stereocenters. The van der Waals surface area contributed by atoms with Gasteiger partial charge in [-0.15, -0.1) is 0 Å². The molecule has 3 aliphatic rings. The number of pyridine rings is 2. The number of nitrogens with one attached hydrogen (secondary N) is 1. The van der Waals surface area contributed by atoms with Crippen molar-refractivity contribution in [3.05, 3.63) is 59.7 Å². The van der Waals surface area contributed by atoms with E-state index in [0.29, 0.717) is 25.3 Å². The second kappa shape index (κ2) is 7.43. The number of aromatic nitrogens is 4. The molecule has 5 heterocycles. The Morgan fingerprint density at radius 1 is 1.14 bits per heavy atom. The van der Waals surface area contributed by atoms with Gasteiger partial charge in [0.2, 0.25) is 0 Å². The molecular formula is C24H24F3N7O. The molecule has 0 radical (unpaired) electrons. The predicted molar refractivity (Wildman–Crippen MR) is 121 cm³/mol. The number of likely N-dealkylation sites (tertiary alicyclic amines) is 1. The number of nitrogens with zero attached hydrogens (tertiary/aromatic N) is 5. The van der Waals surface area contributed by atoms with E-state index in [9.17, 15) is 18.0 Å². The zero-order valence-electron chi connectivity index (χ0n) is 18.8. The first-order valence-corrected chi connectivity index (χ1v) is 11.6. The van der Waals surface area contributed by atoms with Crippen molar-refractivity contribution in [2.75, 3.05) is 18.8 Å². The lowest BCUT2D eigenvalue weighted by Gasteiger charge is -2.50. The number of hydrogen-bond donors (Lipinski definition) is 2. The van der Waals surface area contributed by atoms with Crippen molar-refractivity contribution in [2.24, 2.45) is 0 Å². The number of amides is 2. The third-order valence-electron chi connectivity index (χ3n) is 7.69. The van der Waals surface area contributed by atoms with Crippen LogP contribution < -0.4 is 11.1 Å². The highest BCUT2D eigenvalue weighted by molar-refractivity contribution is 5.77. The van der Waals surface area contributed by atoms with E-state index in [2.05, 4.69) is 20.4 Å². The van der Waals surface area contributed by atoms with Crippen molar-refractivity contribution in [1.82, 2.24) is 30.0 Å². The number of aryl methyl sites for hydroxylation is 1. The van der Waals surface area contributed by atoms with Crippen molar-refractivity contribution >= 4 is 11.8 Å². The summed E-state index contributed by atoms with van der Waals surface area (Å²) >= 11 is 0. The number of urea groups is 1. The maximum atomic E-state index is 13.3. The molecular weight excluding hydrogens is 459 g/mol. The Bertz CT molecular complexity index is 1290. The topological polar surface area (TPSA) is 102 Å². The van der Waals surface area contributed by atoms with Crippen LogP contribution in [0.25, 0.3) is 11.3 Å². The lowest BCUT2D eigenvalue weighted by atomic mass is 9.72. The Hall–Kier alpha value is -3.63. The van der Waals surface area contributed by atoms with Gasteiger partial charge in [0.15, 0.2) is 0 Å². The van der Waals surface area contributed by atoms with Gasteiger partial charge in [0.05, 0.1) is 16.8 Å². The molecule has 11 heteroatoms. The first-order chi connectivity index (χ1) is 16.7. The normalized spacial score (nSPS) is 19.7. The third-order valence-corrected chi connectivity index (χ3v) is 7.69. The molecule has 1 saturated heterocycles. The van der Waals surface area contributed by atoms with Crippen LogP contribution in [0.3, 0.4) is 0 Å². The van der Waals surface area contributed by atoms with Crippen LogP contribution in [-0.4, -0.2) is 43.8 Å². The van der Waals surface area contributed by atoms with E-state index in [0.717, 1.165) is 43.0 Å². The van der Waals surface area contributed by atoms with Crippen molar-refractivity contribution in [3.8, 4) is 11.3 Å². The molecule has 1 saturated carbocycles. The fraction of sp³-hybridized carbons (Fsp3) is 0.417. The van der Waals surface area contributed by atoms with Gasteiger partial charge in [-0.05, 0) is 49.4 Å². The van der Waals surface area contributed by atoms with Crippen LogP contribution in [0.1, 0.15) is 42.5 Å². The fourth-order valence-corrected chi connectivity index (χ4v) is 5.54. The number of alkyl halides is 3. The molecule has 3 aromatic rings. The molecule has 182 valence electrons. The minimum Gasteiger partial charge on any atom is -0.383 e.